The van der Waals surface area contributed by atoms with Crippen molar-refractivity contribution in [2.24, 2.45) is 5.16 Å². The Balaban J connectivity index is 2.08. The van der Waals surface area contributed by atoms with Crippen molar-refractivity contribution < 1.29 is 26.9 Å². The Hall–Kier alpha value is -1.80. The summed E-state index contributed by atoms with van der Waals surface area (Å²) >= 11 is 11.2. The predicted molar refractivity (Wildman–Crippen MR) is 72.9 cm³/mol. The minimum absolute atomic E-state index is 0.0138. The summed E-state index contributed by atoms with van der Waals surface area (Å²) in [7, 11) is 0. The summed E-state index contributed by atoms with van der Waals surface area (Å²) in [4.78, 5) is 4.73. The van der Waals surface area contributed by atoms with Crippen LogP contribution in [0, 0.1) is 5.82 Å². The minimum Gasteiger partial charge on any atom is -0.374 e. The van der Waals surface area contributed by atoms with Crippen LogP contribution in [0.5, 0.6) is 0 Å². The zero-order valence-electron chi connectivity index (χ0n) is 11.0. The fourth-order valence-corrected chi connectivity index (χ4v) is 2.68. The normalized spacial score (nSPS) is 21.2. The Labute approximate surface area is 136 Å². The fourth-order valence-electron chi connectivity index (χ4n) is 2.19. The third-order valence-electron chi connectivity index (χ3n) is 3.40. The highest BCUT2D eigenvalue weighted by Gasteiger charge is 2.62. The molecule has 0 radical (unpaired) electrons. The molecule has 122 valence electrons. The average Bonchev–Trinajstić information content (AvgIpc) is 3.12. The third-order valence-corrected chi connectivity index (χ3v) is 3.95. The molecule has 2 aromatic rings. The van der Waals surface area contributed by atoms with Gasteiger partial charge in [0.2, 0.25) is 0 Å². The van der Waals surface area contributed by atoms with E-state index in [1.165, 1.54) is 6.20 Å². The summed E-state index contributed by atoms with van der Waals surface area (Å²) in [5.74, 6) is -1.01. The first-order valence-electron chi connectivity index (χ1n) is 6.11. The number of oxime groups is 1. The van der Waals surface area contributed by atoms with Crippen molar-refractivity contribution in [3.05, 3.63) is 51.6 Å². The zero-order chi connectivity index (χ0) is 16.8. The molecule has 0 saturated carbocycles. The standard InChI is InChI=1S/C13H6Cl2F4N2O2/c14-8-1-7(2-9(15)11(8)16)12(13(17,18)19)3-10(21-23-12)6-4-20-22-5-6/h1-2,4-5H,3H2. The van der Waals surface area contributed by atoms with Gasteiger partial charge in [0.25, 0.3) is 5.60 Å². The number of hydrogen-bond acceptors (Lipinski definition) is 4. The Morgan fingerprint density at radius 1 is 1.17 bits per heavy atom. The van der Waals surface area contributed by atoms with E-state index in [2.05, 4.69) is 14.8 Å². The molecule has 0 saturated heterocycles. The molecule has 0 N–H and O–H groups in total. The SMILES string of the molecule is Fc1c(Cl)cc(C2(C(F)(F)F)CC(c3cnoc3)=NO2)cc1Cl. The largest absolute Gasteiger partial charge is 0.435 e. The summed E-state index contributed by atoms with van der Waals surface area (Å²) < 4.78 is 59.1. The van der Waals surface area contributed by atoms with Crippen LogP contribution >= 0.6 is 23.2 Å². The van der Waals surface area contributed by atoms with Crippen LogP contribution in [-0.2, 0) is 10.4 Å². The average molecular weight is 369 g/mol. The maximum atomic E-state index is 13.7. The Morgan fingerprint density at radius 3 is 2.35 bits per heavy atom. The lowest BCUT2D eigenvalue weighted by molar-refractivity contribution is -0.275. The molecule has 1 aliphatic rings. The second kappa shape index (κ2) is 5.38. The van der Waals surface area contributed by atoms with Gasteiger partial charge in [-0.05, 0) is 12.1 Å². The number of aromatic nitrogens is 1. The van der Waals surface area contributed by atoms with Gasteiger partial charge in [-0.2, -0.15) is 13.2 Å². The van der Waals surface area contributed by atoms with E-state index >= 15 is 0 Å². The lowest BCUT2D eigenvalue weighted by Gasteiger charge is -2.29. The second-order valence-electron chi connectivity index (χ2n) is 4.80. The lowest BCUT2D eigenvalue weighted by Crippen LogP contribution is -2.42. The van der Waals surface area contributed by atoms with E-state index in [1.807, 2.05) is 0 Å². The molecule has 3 rings (SSSR count). The first-order valence-corrected chi connectivity index (χ1v) is 6.87. The molecular formula is C13H6Cl2F4N2O2. The molecule has 0 spiro atoms. The molecule has 10 heteroatoms. The minimum atomic E-state index is -4.85. The molecule has 4 nitrogen and oxygen atoms in total. The summed E-state index contributed by atoms with van der Waals surface area (Å²) in [6, 6.07) is 1.64. The Morgan fingerprint density at radius 2 is 1.83 bits per heavy atom. The Kier molecular flexibility index (Phi) is 3.76. The number of halogens is 6. The smallest absolute Gasteiger partial charge is 0.374 e. The fraction of sp³-hybridized carbons (Fsp3) is 0.231. The maximum absolute atomic E-state index is 13.7. The van der Waals surface area contributed by atoms with Gasteiger partial charge in [0.1, 0.15) is 6.26 Å². The Bertz CT molecular complexity index is 754. The molecule has 1 aromatic heterocycles. The van der Waals surface area contributed by atoms with Gasteiger partial charge in [-0.1, -0.05) is 33.5 Å². The summed E-state index contributed by atoms with van der Waals surface area (Å²) in [5, 5.41) is 5.79. The van der Waals surface area contributed by atoms with E-state index in [1.54, 1.807) is 0 Å². The second-order valence-corrected chi connectivity index (χ2v) is 5.61. The van der Waals surface area contributed by atoms with Gasteiger partial charge in [0.15, 0.2) is 5.82 Å². The van der Waals surface area contributed by atoms with E-state index in [0.29, 0.717) is 0 Å². The van der Waals surface area contributed by atoms with Crippen LogP contribution < -0.4 is 0 Å². The monoisotopic (exact) mass is 368 g/mol. The van der Waals surface area contributed by atoms with E-state index in [9.17, 15) is 17.6 Å². The molecule has 1 atom stereocenters. The maximum Gasteiger partial charge on any atom is 0.435 e. The van der Waals surface area contributed by atoms with Gasteiger partial charge in [0, 0.05) is 5.56 Å². The van der Waals surface area contributed by atoms with Gasteiger partial charge in [0.05, 0.1) is 33.9 Å². The van der Waals surface area contributed by atoms with Gasteiger partial charge < -0.3 is 9.36 Å². The topological polar surface area (TPSA) is 47.6 Å². The first-order chi connectivity index (χ1) is 10.7. The summed E-state index contributed by atoms with van der Waals surface area (Å²) in [6.45, 7) is 0. The van der Waals surface area contributed by atoms with Crippen LogP contribution in [0.3, 0.4) is 0 Å². The molecule has 0 fully saturated rings. The highest BCUT2D eigenvalue weighted by Crippen LogP contribution is 2.50. The van der Waals surface area contributed by atoms with Crippen LogP contribution in [0.1, 0.15) is 17.5 Å². The molecule has 23 heavy (non-hydrogen) atoms. The number of nitrogens with zero attached hydrogens (tertiary/aromatic N) is 2. The van der Waals surface area contributed by atoms with Crippen LogP contribution in [0.2, 0.25) is 10.0 Å². The van der Waals surface area contributed by atoms with Gasteiger partial charge in [-0.25, -0.2) is 4.39 Å². The molecule has 1 aromatic carbocycles. The van der Waals surface area contributed by atoms with Crippen LogP contribution in [0.15, 0.2) is 34.3 Å². The van der Waals surface area contributed by atoms with E-state index in [-0.39, 0.29) is 11.3 Å². The molecule has 0 amide bonds. The molecular weight excluding hydrogens is 363 g/mol. The molecule has 1 unspecified atom stereocenters. The zero-order valence-corrected chi connectivity index (χ0v) is 12.5. The number of benzene rings is 1. The van der Waals surface area contributed by atoms with Crippen molar-refractivity contribution in [3.63, 3.8) is 0 Å². The van der Waals surface area contributed by atoms with Crippen molar-refractivity contribution in [2.45, 2.75) is 18.2 Å². The van der Waals surface area contributed by atoms with Gasteiger partial charge in [-0.15, -0.1) is 0 Å². The van der Waals surface area contributed by atoms with Crippen LogP contribution in [-0.4, -0.2) is 17.0 Å². The molecule has 1 aliphatic heterocycles. The van der Waals surface area contributed by atoms with E-state index in [4.69, 9.17) is 28.0 Å². The summed E-state index contributed by atoms with van der Waals surface area (Å²) in [5.41, 5.74) is -3.03. The van der Waals surface area contributed by atoms with Crippen LogP contribution in [0.4, 0.5) is 17.6 Å². The van der Waals surface area contributed by atoms with Crippen molar-refractivity contribution >= 4 is 28.9 Å². The summed E-state index contributed by atoms with van der Waals surface area (Å²) in [6.07, 6.45) is -3.16. The lowest BCUT2D eigenvalue weighted by atomic mass is 9.87. The quantitative estimate of drug-likeness (QED) is 0.570. The van der Waals surface area contributed by atoms with Crippen molar-refractivity contribution in [1.82, 2.24) is 5.16 Å². The van der Waals surface area contributed by atoms with Gasteiger partial charge in [-0.3, -0.25) is 0 Å². The number of rotatable bonds is 2. The van der Waals surface area contributed by atoms with Crippen molar-refractivity contribution in [3.8, 4) is 0 Å². The highest BCUT2D eigenvalue weighted by atomic mass is 35.5. The first kappa shape index (κ1) is 16.1. The van der Waals surface area contributed by atoms with Gasteiger partial charge >= 0.3 is 6.18 Å². The van der Waals surface area contributed by atoms with E-state index < -0.39 is 39.6 Å². The van der Waals surface area contributed by atoms with Crippen molar-refractivity contribution in [1.29, 1.82) is 0 Å². The molecule has 0 bridgehead atoms. The van der Waals surface area contributed by atoms with E-state index in [0.717, 1.165) is 18.4 Å². The molecule has 0 aliphatic carbocycles. The van der Waals surface area contributed by atoms with Crippen molar-refractivity contribution in [2.75, 3.05) is 0 Å². The number of alkyl halides is 3. The highest BCUT2D eigenvalue weighted by molar-refractivity contribution is 6.35. The number of hydrogen-bond donors (Lipinski definition) is 0. The predicted octanol–water partition coefficient (Wildman–Crippen LogP) is 4.70. The van der Waals surface area contributed by atoms with Crippen LogP contribution in [0.25, 0.3) is 0 Å². The molecule has 2 heterocycles. The third kappa shape index (κ3) is 2.55.